The summed E-state index contributed by atoms with van der Waals surface area (Å²) in [7, 11) is 2.62. The van der Waals surface area contributed by atoms with Crippen LogP contribution in [0.3, 0.4) is 0 Å². The van der Waals surface area contributed by atoms with Crippen molar-refractivity contribution in [1.29, 1.82) is 0 Å². The Hall–Kier alpha value is -1.93. The number of amides is 1. The van der Waals surface area contributed by atoms with Gasteiger partial charge in [0, 0.05) is 12.0 Å². The highest BCUT2D eigenvalue weighted by Gasteiger charge is 2.21. The number of methoxy groups -OCH3 is 2. The van der Waals surface area contributed by atoms with Crippen LogP contribution in [-0.2, 0) is 23.8 Å². The molecule has 0 aliphatic rings. The second-order valence-electron chi connectivity index (χ2n) is 4.12. The smallest absolute Gasteiger partial charge is 0.341 e. The maximum Gasteiger partial charge on any atom is 0.341 e. The van der Waals surface area contributed by atoms with Gasteiger partial charge in [-0.15, -0.1) is 11.3 Å². The zero-order chi connectivity index (χ0) is 16.0. The lowest BCUT2D eigenvalue weighted by Crippen LogP contribution is -2.23. The Morgan fingerprint density at radius 2 is 1.81 bits per heavy atom. The van der Waals surface area contributed by atoms with Gasteiger partial charge in [-0.25, -0.2) is 9.59 Å². The number of hydrogen-bond donors (Lipinski definition) is 1. The van der Waals surface area contributed by atoms with Gasteiger partial charge in [-0.2, -0.15) is 0 Å². The van der Waals surface area contributed by atoms with E-state index in [-0.39, 0.29) is 6.61 Å². The van der Waals surface area contributed by atoms with Crippen LogP contribution in [0.1, 0.15) is 20.8 Å². The lowest BCUT2D eigenvalue weighted by atomic mass is 10.1. The average molecular weight is 315 g/mol. The van der Waals surface area contributed by atoms with Gasteiger partial charge in [0.15, 0.2) is 6.61 Å². The third kappa shape index (κ3) is 4.54. The quantitative estimate of drug-likeness (QED) is 0.795. The number of carbonyl (C=O) groups excluding carboxylic acids is 3. The Bertz CT molecular complexity index is 551. The number of esters is 2. The second kappa shape index (κ2) is 7.75. The Kier molecular flexibility index (Phi) is 6.32. The van der Waals surface area contributed by atoms with Crippen molar-refractivity contribution in [2.75, 3.05) is 32.8 Å². The van der Waals surface area contributed by atoms with Crippen LogP contribution in [0, 0.1) is 13.8 Å². The molecule has 0 bridgehead atoms. The first kappa shape index (κ1) is 17.1. The van der Waals surface area contributed by atoms with Crippen LogP contribution in [0.15, 0.2) is 0 Å². The number of carbonyl (C=O) groups is 3. The summed E-state index contributed by atoms with van der Waals surface area (Å²) in [4.78, 5) is 35.4. The zero-order valence-electron chi connectivity index (χ0n) is 12.3. The number of aryl methyl sites for hydroxylation is 1. The first-order valence-corrected chi connectivity index (χ1v) is 6.85. The standard InChI is InChI=1S/C13H17NO6S/c1-7-8(2)21-12(11(7)13(17)19-4)14-9(15)5-20-10(16)6-18-3/h5-6H2,1-4H3,(H,14,15). The summed E-state index contributed by atoms with van der Waals surface area (Å²) in [5, 5.41) is 2.92. The molecule has 1 N–H and O–H groups in total. The van der Waals surface area contributed by atoms with E-state index < -0.39 is 24.5 Å². The van der Waals surface area contributed by atoms with E-state index in [2.05, 4.69) is 10.1 Å². The first-order valence-electron chi connectivity index (χ1n) is 6.03. The van der Waals surface area contributed by atoms with Gasteiger partial charge in [0.2, 0.25) is 0 Å². The van der Waals surface area contributed by atoms with E-state index in [0.717, 1.165) is 10.4 Å². The van der Waals surface area contributed by atoms with E-state index in [1.54, 1.807) is 6.92 Å². The van der Waals surface area contributed by atoms with Crippen LogP contribution in [0.4, 0.5) is 5.00 Å². The summed E-state index contributed by atoms with van der Waals surface area (Å²) in [5.74, 6) is -1.70. The van der Waals surface area contributed by atoms with E-state index in [1.165, 1.54) is 25.6 Å². The van der Waals surface area contributed by atoms with Crippen molar-refractivity contribution in [3.05, 3.63) is 16.0 Å². The fraction of sp³-hybridized carbons (Fsp3) is 0.462. The summed E-state index contributed by atoms with van der Waals surface area (Å²) in [6.07, 6.45) is 0. The molecular weight excluding hydrogens is 298 g/mol. The minimum absolute atomic E-state index is 0.224. The molecule has 1 rings (SSSR count). The van der Waals surface area contributed by atoms with Gasteiger partial charge in [0.05, 0.1) is 12.7 Å². The molecule has 0 spiro atoms. The Morgan fingerprint density at radius 3 is 2.38 bits per heavy atom. The number of ether oxygens (including phenoxy) is 3. The fourth-order valence-corrected chi connectivity index (χ4v) is 2.60. The molecule has 0 radical (unpaired) electrons. The van der Waals surface area contributed by atoms with Crippen LogP contribution in [0.25, 0.3) is 0 Å². The maximum absolute atomic E-state index is 11.7. The van der Waals surface area contributed by atoms with Crippen LogP contribution in [0.2, 0.25) is 0 Å². The van der Waals surface area contributed by atoms with Gasteiger partial charge in [-0.05, 0) is 19.4 Å². The van der Waals surface area contributed by atoms with Crippen LogP contribution < -0.4 is 5.32 Å². The average Bonchev–Trinajstić information content (AvgIpc) is 2.71. The minimum atomic E-state index is -0.639. The highest BCUT2D eigenvalue weighted by molar-refractivity contribution is 7.16. The summed E-state index contributed by atoms with van der Waals surface area (Å²) in [6, 6.07) is 0. The first-order chi connectivity index (χ1) is 9.90. The molecule has 0 unspecified atom stereocenters. The monoisotopic (exact) mass is 315 g/mol. The van der Waals surface area contributed by atoms with Gasteiger partial charge in [0.25, 0.3) is 5.91 Å². The van der Waals surface area contributed by atoms with Crippen molar-refractivity contribution >= 4 is 34.2 Å². The third-order valence-corrected chi connectivity index (χ3v) is 3.78. The second-order valence-corrected chi connectivity index (χ2v) is 5.35. The van der Waals surface area contributed by atoms with E-state index in [0.29, 0.717) is 10.6 Å². The third-order valence-electron chi connectivity index (χ3n) is 2.65. The number of rotatable bonds is 6. The maximum atomic E-state index is 11.7. The predicted molar refractivity (Wildman–Crippen MR) is 76.6 cm³/mol. The van der Waals surface area contributed by atoms with Crippen LogP contribution >= 0.6 is 11.3 Å². The molecule has 21 heavy (non-hydrogen) atoms. The molecule has 0 fully saturated rings. The molecule has 8 heteroatoms. The largest absolute Gasteiger partial charge is 0.465 e. The highest BCUT2D eigenvalue weighted by atomic mass is 32.1. The topological polar surface area (TPSA) is 90.9 Å². The molecule has 1 aromatic rings. The predicted octanol–water partition coefficient (Wildman–Crippen LogP) is 1.28. The minimum Gasteiger partial charge on any atom is -0.465 e. The molecular formula is C13H17NO6S. The molecule has 0 saturated heterocycles. The van der Waals surface area contributed by atoms with Crippen molar-refractivity contribution in [3.63, 3.8) is 0 Å². The fourth-order valence-electron chi connectivity index (χ4n) is 1.53. The summed E-state index contributed by atoms with van der Waals surface area (Å²) in [6.45, 7) is 2.93. The van der Waals surface area contributed by atoms with E-state index in [9.17, 15) is 14.4 Å². The molecule has 116 valence electrons. The van der Waals surface area contributed by atoms with E-state index >= 15 is 0 Å². The molecule has 0 saturated carbocycles. The Morgan fingerprint density at radius 1 is 1.14 bits per heavy atom. The van der Waals surface area contributed by atoms with Crippen LogP contribution in [-0.4, -0.2) is 45.3 Å². The summed E-state index contributed by atoms with van der Waals surface area (Å²) >= 11 is 1.26. The molecule has 0 aliphatic carbocycles. The van der Waals surface area contributed by atoms with Gasteiger partial charge in [-0.3, -0.25) is 4.79 Å². The number of anilines is 1. The van der Waals surface area contributed by atoms with Gasteiger partial charge in [-0.1, -0.05) is 0 Å². The lowest BCUT2D eigenvalue weighted by molar-refractivity contribution is -0.150. The lowest BCUT2D eigenvalue weighted by Gasteiger charge is -2.07. The number of thiophene rings is 1. The summed E-state index contributed by atoms with van der Waals surface area (Å²) < 4.78 is 14.0. The van der Waals surface area contributed by atoms with Crippen LogP contribution in [0.5, 0.6) is 0 Å². The van der Waals surface area contributed by atoms with Crippen molar-refractivity contribution in [1.82, 2.24) is 0 Å². The van der Waals surface area contributed by atoms with Gasteiger partial charge >= 0.3 is 11.9 Å². The molecule has 0 atom stereocenters. The molecule has 7 nitrogen and oxygen atoms in total. The van der Waals surface area contributed by atoms with Gasteiger partial charge < -0.3 is 19.5 Å². The van der Waals surface area contributed by atoms with Gasteiger partial charge in [0.1, 0.15) is 11.6 Å². The van der Waals surface area contributed by atoms with Crippen molar-refractivity contribution < 1.29 is 28.6 Å². The molecule has 0 aromatic carbocycles. The molecule has 1 heterocycles. The highest BCUT2D eigenvalue weighted by Crippen LogP contribution is 2.32. The Labute approximate surface area is 126 Å². The molecule has 1 amide bonds. The normalized spacial score (nSPS) is 10.1. The van der Waals surface area contributed by atoms with Crippen molar-refractivity contribution in [2.24, 2.45) is 0 Å². The zero-order valence-corrected chi connectivity index (χ0v) is 13.1. The summed E-state index contributed by atoms with van der Waals surface area (Å²) in [5.41, 5.74) is 1.06. The molecule has 1 aromatic heterocycles. The van der Waals surface area contributed by atoms with E-state index in [1.807, 2.05) is 6.92 Å². The SMILES string of the molecule is COCC(=O)OCC(=O)Nc1sc(C)c(C)c1C(=O)OC. The van der Waals surface area contributed by atoms with Crippen molar-refractivity contribution in [3.8, 4) is 0 Å². The number of nitrogens with one attached hydrogen (secondary N) is 1. The van der Waals surface area contributed by atoms with E-state index in [4.69, 9.17) is 9.47 Å². The molecule has 0 aliphatic heterocycles. The number of hydrogen-bond acceptors (Lipinski definition) is 7. The Balaban J connectivity index is 2.74. The van der Waals surface area contributed by atoms with Crippen molar-refractivity contribution in [2.45, 2.75) is 13.8 Å².